The lowest BCUT2D eigenvalue weighted by Gasteiger charge is -2.03. The highest BCUT2D eigenvalue weighted by atomic mass is 15.3. The highest BCUT2D eigenvalue weighted by molar-refractivity contribution is 5.35. The minimum absolute atomic E-state index is 0.506. The molecule has 0 atom stereocenters. The second-order valence-electron chi connectivity index (χ2n) is 4.25. The molecular formula is C13H17N3. The third-order valence-corrected chi connectivity index (χ3v) is 2.68. The summed E-state index contributed by atoms with van der Waals surface area (Å²) < 4.78 is 1.90. The molecule has 0 bridgehead atoms. The van der Waals surface area contributed by atoms with Gasteiger partial charge in [0.15, 0.2) is 0 Å². The van der Waals surface area contributed by atoms with Crippen LogP contribution >= 0.6 is 0 Å². The van der Waals surface area contributed by atoms with E-state index < -0.39 is 0 Å². The van der Waals surface area contributed by atoms with Crippen LogP contribution in [0.3, 0.4) is 0 Å². The molecule has 16 heavy (non-hydrogen) atoms. The van der Waals surface area contributed by atoms with E-state index in [0.29, 0.717) is 12.5 Å². The van der Waals surface area contributed by atoms with Crippen molar-refractivity contribution in [2.24, 2.45) is 5.73 Å². The van der Waals surface area contributed by atoms with E-state index >= 15 is 0 Å². The molecule has 1 heterocycles. The zero-order valence-electron chi connectivity index (χ0n) is 9.72. The van der Waals surface area contributed by atoms with E-state index in [2.05, 4.69) is 31.2 Å². The maximum atomic E-state index is 5.62. The first-order valence-corrected chi connectivity index (χ1v) is 5.54. The minimum Gasteiger partial charge on any atom is -0.326 e. The normalized spacial score (nSPS) is 11.0. The van der Waals surface area contributed by atoms with Gasteiger partial charge in [0, 0.05) is 12.7 Å². The van der Waals surface area contributed by atoms with Gasteiger partial charge in [0.1, 0.15) is 0 Å². The maximum absolute atomic E-state index is 5.62. The third-order valence-electron chi connectivity index (χ3n) is 2.68. The van der Waals surface area contributed by atoms with E-state index in [1.807, 2.05) is 29.1 Å². The Morgan fingerprint density at radius 1 is 1.38 bits per heavy atom. The smallest absolute Gasteiger partial charge is 0.0648 e. The van der Waals surface area contributed by atoms with Crippen LogP contribution in [-0.4, -0.2) is 9.78 Å². The molecule has 0 saturated carbocycles. The molecule has 1 aromatic carbocycles. The van der Waals surface area contributed by atoms with E-state index in [1.165, 1.54) is 5.56 Å². The van der Waals surface area contributed by atoms with Gasteiger partial charge in [0.05, 0.1) is 11.9 Å². The zero-order chi connectivity index (χ0) is 11.5. The van der Waals surface area contributed by atoms with E-state index in [-0.39, 0.29) is 0 Å². The first-order valence-electron chi connectivity index (χ1n) is 5.54. The quantitative estimate of drug-likeness (QED) is 0.854. The average molecular weight is 215 g/mol. The summed E-state index contributed by atoms with van der Waals surface area (Å²) in [6, 6.07) is 8.14. The Kier molecular flexibility index (Phi) is 3.06. The van der Waals surface area contributed by atoms with Crippen molar-refractivity contribution in [3.63, 3.8) is 0 Å². The van der Waals surface area contributed by atoms with E-state index in [0.717, 1.165) is 11.3 Å². The zero-order valence-corrected chi connectivity index (χ0v) is 9.72. The molecule has 3 nitrogen and oxygen atoms in total. The fourth-order valence-corrected chi connectivity index (χ4v) is 1.60. The number of nitrogens with two attached hydrogens (primary N) is 1. The molecule has 0 fully saturated rings. The summed E-state index contributed by atoms with van der Waals surface area (Å²) in [4.78, 5) is 0. The summed E-state index contributed by atoms with van der Waals surface area (Å²) >= 11 is 0. The van der Waals surface area contributed by atoms with E-state index in [9.17, 15) is 0 Å². The van der Waals surface area contributed by atoms with Gasteiger partial charge in [-0.05, 0) is 29.2 Å². The molecule has 3 heteroatoms. The molecule has 0 aliphatic rings. The summed E-state index contributed by atoms with van der Waals surface area (Å²) in [6.45, 7) is 4.89. The molecule has 0 radical (unpaired) electrons. The Hall–Kier alpha value is -1.61. The minimum atomic E-state index is 0.506. The molecule has 0 amide bonds. The SMILES string of the molecule is CC(C)c1cnn(-c2cccc(CN)c2)c1. The first kappa shape index (κ1) is 10.9. The molecule has 2 aromatic rings. The molecule has 0 aliphatic carbocycles. The van der Waals surface area contributed by atoms with Crippen molar-refractivity contribution >= 4 is 0 Å². The summed E-state index contributed by atoms with van der Waals surface area (Å²) in [5.74, 6) is 0.506. The lowest BCUT2D eigenvalue weighted by Crippen LogP contribution is -1.99. The number of nitrogens with zero attached hydrogens (tertiary/aromatic N) is 2. The topological polar surface area (TPSA) is 43.8 Å². The molecule has 1 aromatic heterocycles. The standard InChI is InChI=1S/C13H17N3/c1-10(2)12-8-15-16(9-12)13-5-3-4-11(6-13)7-14/h3-6,8-10H,7,14H2,1-2H3. The van der Waals surface area contributed by atoms with Crippen molar-refractivity contribution in [1.82, 2.24) is 9.78 Å². The van der Waals surface area contributed by atoms with Crippen LogP contribution in [0.15, 0.2) is 36.7 Å². The molecule has 2 rings (SSSR count). The van der Waals surface area contributed by atoms with Crippen molar-refractivity contribution in [2.45, 2.75) is 26.3 Å². The summed E-state index contributed by atoms with van der Waals surface area (Å²) in [5, 5.41) is 4.36. The van der Waals surface area contributed by atoms with Crippen molar-refractivity contribution in [1.29, 1.82) is 0 Å². The highest BCUT2D eigenvalue weighted by Crippen LogP contribution is 2.16. The van der Waals surface area contributed by atoms with Crippen LogP contribution in [0, 0.1) is 0 Å². The van der Waals surface area contributed by atoms with Crippen LogP contribution in [0.4, 0.5) is 0 Å². The van der Waals surface area contributed by atoms with Crippen molar-refractivity contribution in [3.8, 4) is 5.69 Å². The van der Waals surface area contributed by atoms with Gasteiger partial charge in [-0.3, -0.25) is 0 Å². The number of hydrogen-bond donors (Lipinski definition) is 1. The number of rotatable bonds is 3. The monoisotopic (exact) mass is 215 g/mol. The fraction of sp³-hybridized carbons (Fsp3) is 0.308. The lowest BCUT2D eigenvalue weighted by molar-refractivity contribution is 0.857. The summed E-state index contributed by atoms with van der Waals surface area (Å²) in [7, 11) is 0. The highest BCUT2D eigenvalue weighted by Gasteiger charge is 2.04. The lowest BCUT2D eigenvalue weighted by atomic mass is 10.1. The largest absolute Gasteiger partial charge is 0.326 e. The Bertz CT molecular complexity index is 472. The molecular weight excluding hydrogens is 198 g/mol. The third kappa shape index (κ3) is 2.14. The van der Waals surface area contributed by atoms with Gasteiger partial charge >= 0.3 is 0 Å². The number of benzene rings is 1. The summed E-state index contributed by atoms with van der Waals surface area (Å²) in [5.41, 5.74) is 9.06. The van der Waals surface area contributed by atoms with Gasteiger partial charge in [-0.25, -0.2) is 4.68 Å². The molecule has 84 valence electrons. The van der Waals surface area contributed by atoms with Gasteiger partial charge in [0.2, 0.25) is 0 Å². The van der Waals surface area contributed by atoms with Gasteiger partial charge in [-0.1, -0.05) is 26.0 Å². The van der Waals surface area contributed by atoms with E-state index in [4.69, 9.17) is 5.73 Å². The number of hydrogen-bond acceptors (Lipinski definition) is 2. The molecule has 0 spiro atoms. The van der Waals surface area contributed by atoms with Gasteiger partial charge < -0.3 is 5.73 Å². The van der Waals surface area contributed by atoms with Crippen molar-refractivity contribution in [3.05, 3.63) is 47.8 Å². The van der Waals surface area contributed by atoms with Crippen LogP contribution in [0.25, 0.3) is 5.69 Å². The van der Waals surface area contributed by atoms with Crippen molar-refractivity contribution in [2.75, 3.05) is 0 Å². The van der Waals surface area contributed by atoms with Crippen LogP contribution in [0.1, 0.15) is 30.9 Å². The van der Waals surface area contributed by atoms with Crippen LogP contribution in [0.5, 0.6) is 0 Å². The van der Waals surface area contributed by atoms with Crippen LogP contribution < -0.4 is 5.73 Å². The second kappa shape index (κ2) is 4.49. The Morgan fingerprint density at radius 3 is 2.81 bits per heavy atom. The molecule has 2 N–H and O–H groups in total. The average Bonchev–Trinajstić information content (AvgIpc) is 2.78. The Morgan fingerprint density at radius 2 is 2.19 bits per heavy atom. The first-order chi connectivity index (χ1) is 7.70. The van der Waals surface area contributed by atoms with Crippen molar-refractivity contribution < 1.29 is 0 Å². The van der Waals surface area contributed by atoms with Crippen LogP contribution in [0.2, 0.25) is 0 Å². The van der Waals surface area contributed by atoms with E-state index in [1.54, 1.807) is 0 Å². The predicted octanol–water partition coefficient (Wildman–Crippen LogP) is 2.45. The van der Waals surface area contributed by atoms with Gasteiger partial charge in [0.25, 0.3) is 0 Å². The summed E-state index contributed by atoms with van der Waals surface area (Å²) in [6.07, 6.45) is 3.99. The van der Waals surface area contributed by atoms with Gasteiger partial charge in [-0.2, -0.15) is 5.10 Å². The Balaban J connectivity index is 2.34. The second-order valence-corrected chi connectivity index (χ2v) is 4.25. The number of aromatic nitrogens is 2. The fourth-order valence-electron chi connectivity index (χ4n) is 1.60. The van der Waals surface area contributed by atoms with Crippen LogP contribution in [-0.2, 0) is 6.54 Å². The maximum Gasteiger partial charge on any atom is 0.0648 e. The molecule has 0 unspecified atom stereocenters. The molecule has 0 saturated heterocycles. The predicted molar refractivity (Wildman–Crippen MR) is 65.5 cm³/mol. The molecule has 0 aliphatic heterocycles. The van der Waals surface area contributed by atoms with Gasteiger partial charge in [-0.15, -0.1) is 0 Å². The Labute approximate surface area is 95.9 Å².